The molecule has 164 valence electrons. The Kier molecular flexibility index (Phi) is 7.30. The Morgan fingerprint density at radius 3 is 2.43 bits per heavy atom. The second kappa shape index (κ2) is 9.40. The summed E-state index contributed by atoms with van der Waals surface area (Å²) in [7, 11) is 0. The summed E-state index contributed by atoms with van der Waals surface area (Å²) in [4.78, 5) is 6.62. The Balaban J connectivity index is 1.82. The summed E-state index contributed by atoms with van der Waals surface area (Å²) in [6.07, 6.45) is 3.33. The maximum atomic E-state index is 12.9. The number of nitrogens with two attached hydrogens (primary N) is 1. The lowest BCUT2D eigenvalue weighted by molar-refractivity contribution is 0.317. The molecule has 0 saturated carbocycles. The molecule has 0 aliphatic carbocycles. The van der Waals surface area contributed by atoms with E-state index >= 15 is 0 Å². The van der Waals surface area contributed by atoms with E-state index in [2.05, 4.69) is 14.6 Å². The highest BCUT2D eigenvalue weighted by Crippen LogP contribution is 2.40. The van der Waals surface area contributed by atoms with Crippen LogP contribution in [-0.4, -0.2) is 32.5 Å². The van der Waals surface area contributed by atoms with Crippen molar-refractivity contribution in [3.63, 3.8) is 0 Å². The summed E-state index contributed by atoms with van der Waals surface area (Å²) in [6, 6.07) is 6.57. The van der Waals surface area contributed by atoms with E-state index in [0.29, 0.717) is 16.3 Å². The van der Waals surface area contributed by atoms with Gasteiger partial charge in [0.25, 0.3) is 0 Å². The van der Waals surface area contributed by atoms with E-state index in [0.717, 1.165) is 31.7 Å². The molecule has 1 fully saturated rings. The molecule has 2 heterocycles. The zero-order chi connectivity index (χ0) is 22.1. The van der Waals surface area contributed by atoms with Gasteiger partial charge in [0.2, 0.25) is 0 Å². The van der Waals surface area contributed by atoms with Crippen LogP contribution in [0.4, 0.5) is 11.5 Å². The minimum Gasteiger partial charge on any atom is -0.598 e. The fraction of sp³-hybridized carbons (Fsp3) is 0.476. The minimum absolute atomic E-state index is 0.0513. The molecule has 2 aromatic rings. The molecule has 0 radical (unpaired) electrons. The fourth-order valence-corrected chi connectivity index (χ4v) is 4.79. The highest BCUT2D eigenvalue weighted by atomic mass is 35.5. The van der Waals surface area contributed by atoms with Gasteiger partial charge in [0.15, 0.2) is 0 Å². The molecule has 2 unspecified atom stereocenters. The van der Waals surface area contributed by atoms with E-state index in [9.17, 15) is 9.66 Å². The molecule has 0 bridgehead atoms. The summed E-state index contributed by atoms with van der Waals surface area (Å²) < 4.78 is 15.7. The number of rotatable bonds is 5. The zero-order valence-electron chi connectivity index (χ0n) is 17.4. The Bertz CT molecular complexity index is 869. The number of pyridine rings is 1. The van der Waals surface area contributed by atoms with E-state index < -0.39 is 16.1 Å². The third kappa shape index (κ3) is 5.45. The van der Waals surface area contributed by atoms with Crippen LogP contribution in [0.25, 0.3) is 0 Å². The molecule has 6 nitrogen and oxygen atoms in total. The summed E-state index contributed by atoms with van der Waals surface area (Å²) in [5.41, 5.74) is 6.99. The van der Waals surface area contributed by atoms with Gasteiger partial charge in [-0.2, -0.15) is 0 Å². The topological polar surface area (TPSA) is 97.5 Å². The van der Waals surface area contributed by atoms with Crippen LogP contribution in [0.5, 0.6) is 5.75 Å². The Morgan fingerprint density at radius 2 is 1.87 bits per heavy atom. The lowest BCUT2D eigenvalue weighted by Crippen LogP contribution is -2.45. The number of phenols is 1. The van der Waals surface area contributed by atoms with Crippen LogP contribution < -0.4 is 15.4 Å². The number of halogens is 2. The number of piperidine rings is 1. The van der Waals surface area contributed by atoms with Gasteiger partial charge < -0.3 is 20.3 Å². The number of nitrogen functional groups attached to an aromatic ring is 1. The second-order valence-electron chi connectivity index (χ2n) is 8.58. The molecule has 1 saturated heterocycles. The Labute approximate surface area is 191 Å². The van der Waals surface area contributed by atoms with E-state index in [1.54, 1.807) is 12.3 Å². The highest BCUT2D eigenvalue weighted by Gasteiger charge is 2.36. The molecule has 2 atom stereocenters. The fourth-order valence-electron chi connectivity index (χ4n) is 3.55. The molecule has 0 spiro atoms. The third-order valence-corrected chi connectivity index (χ3v) is 7.60. The zero-order valence-corrected chi connectivity index (χ0v) is 19.7. The molecule has 4 N–H and O–H groups in total. The Hall–Kier alpha value is -1.38. The van der Waals surface area contributed by atoms with Crippen molar-refractivity contribution in [2.24, 2.45) is 5.92 Å². The predicted molar refractivity (Wildman–Crippen MR) is 125 cm³/mol. The number of phenolic OH excluding ortho intramolecular Hbond substituents is 1. The first-order valence-electron chi connectivity index (χ1n) is 9.88. The number of aromatic nitrogens is 1. The predicted octanol–water partition coefficient (Wildman–Crippen LogP) is 4.69. The third-order valence-electron chi connectivity index (χ3n) is 5.30. The lowest BCUT2D eigenvalue weighted by atomic mass is 9.85. The molecule has 9 heteroatoms. The quantitative estimate of drug-likeness (QED) is 0.548. The minimum atomic E-state index is -1.31. The summed E-state index contributed by atoms with van der Waals surface area (Å²) in [5.74, 6) is 1.10. The van der Waals surface area contributed by atoms with Crippen LogP contribution in [0, 0.1) is 5.92 Å². The van der Waals surface area contributed by atoms with Gasteiger partial charge in [-0.1, -0.05) is 23.2 Å². The van der Waals surface area contributed by atoms with Gasteiger partial charge in [-0.05, 0) is 57.7 Å². The van der Waals surface area contributed by atoms with Gasteiger partial charge in [0.05, 0.1) is 28.0 Å². The van der Waals surface area contributed by atoms with Crippen molar-refractivity contribution >= 4 is 46.1 Å². The van der Waals surface area contributed by atoms with Crippen molar-refractivity contribution in [3.05, 3.63) is 46.1 Å². The van der Waals surface area contributed by atoms with Gasteiger partial charge in [-0.25, -0.2) is 4.98 Å². The molecule has 1 aromatic carbocycles. The maximum absolute atomic E-state index is 12.9. The van der Waals surface area contributed by atoms with E-state index in [-0.39, 0.29) is 22.7 Å². The molecule has 1 aromatic heterocycles. The summed E-state index contributed by atoms with van der Waals surface area (Å²) in [6.45, 7) is 7.33. The van der Waals surface area contributed by atoms with Crippen LogP contribution in [0.2, 0.25) is 10.0 Å². The van der Waals surface area contributed by atoms with Crippen molar-refractivity contribution in [2.75, 3.05) is 23.7 Å². The van der Waals surface area contributed by atoms with E-state index in [1.807, 2.05) is 32.9 Å². The monoisotopic (exact) mass is 470 g/mol. The second-order valence-corrected chi connectivity index (χ2v) is 11.4. The number of nitrogens with zero attached hydrogens (tertiary/aromatic N) is 2. The summed E-state index contributed by atoms with van der Waals surface area (Å²) >= 11 is 11.0. The SMILES string of the molecule is CC(C)(C)[S+]([O-])NC(c1cc(Cl)c(Cl)cc1O)C1CCN(c2ccc(N)cn2)CC1. The number of aromatic hydroxyl groups is 1. The van der Waals surface area contributed by atoms with Crippen LogP contribution in [0.1, 0.15) is 45.2 Å². The van der Waals surface area contributed by atoms with Crippen LogP contribution in [-0.2, 0) is 11.4 Å². The van der Waals surface area contributed by atoms with Gasteiger partial charge >= 0.3 is 0 Å². The van der Waals surface area contributed by atoms with E-state index in [1.165, 1.54) is 6.07 Å². The molecular formula is C21H28Cl2N4O2S. The van der Waals surface area contributed by atoms with Crippen LogP contribution in [0.15, 0.2) is 30.5 Å². The van der Waals surface area contributed by atoms with E-state index in [4.69, 9.17) is 28.9 Å². The van der Waals surface area contributed by atoms with Gasteiger partial charge in [-0.3, -0.25) is 0 Å². The van der Waals surface area contributed by atoms with Crippen molar-refractivity contribution in [1.82, 2.24) is 9.71 Å². The van der Waals surface area contributed by atoms with Gasteiger partial charge in [0, 0.05) is 36.1 Å². The first kappa shape index (κ1) is 23.3. The molecular weight excluding hydrogens is 443 g/mol. The normalized spacial score (nSPS) is 17.7. The standard InChI is InChI=1S/C21H28Cl2N4O2S/c1-21(2,3)30(29)26-20(15-10-16(22)17(23)11-18(15)28)13-6-8-27(9-7-13)19-5-4-14(24)12-25-19/h4-5,10-13,20,26,28H,6-9,24H2,1-3H3. The number of benzene rings is 1. The lowest BCUT2D eigenvalue weighted by Gasteiger charge is -2.38. The van der Waals surface area contributed by atoms with Crippen molar-refractivity contribution < 1.29 is 9.66 Å². The molecule has 1 aliphatic rings. The van der Waals surface area contributed by atoms with Gasteiger partial charge in [-0.15, -0.1) is 4.72 Å². The first-order chi connectivity index (χ1) is 14.1. The smallest absolute Gasteiger partial charge is 0.136 e. The molecule has 3 rings (SSSR count). The van der Waals surface area contributed by atoms with Gasteiger partial charge in [0.1, 0.15) is 16.3 Å². The average Bonchev–Trinajstić information content (AvgIpc) is 2.69. The Morgan fingerprint density at radius 1 is 1.23 bits per heavy atom. The molecule has 1 aliphatic heterocycles. The highest BCUT2D eigenvalue weighted by molar-refractivity contribution is 7.90. The number of anilines is 2. The summed E-state index contributed by atoms with van der Waals surface area (Å²) in [5, 5.41) is 11.2. The van der Waals surface area contributed by atoms with Crippen LogP contribution in [0.3, 0.4) is 0 Å². The first-order valence-corrected chi connectivity index (χ1v) is 11.8. The number of nitrogens with one attached hydrogen (secondary N) is 1. The van der Waals surface area contributed by atoms with Crippen LogP contribution >= 0.6 is 23.2 Å². The van der Waals surface area contributed by atoms with Crippen molar-refractivity contribution in [3.8, 4) is 5.75 Å². The maximum Gasteiger partial charge on any atom is 0.136 e. The molecule has 30 heavy (non-hydrogen) atoms. The number of hydrogen-bond acceptors (Lipinski definition) is 6. The molecule has 0 amide bonds. The van der Waals surface area contributed by atoms with Crippen molar-refractivity contribution in [1.29, 1.82) is 0 Å². The van der Waals surface area contributed by atoms with Crippen molar-refractivity contribution in [2.45, 2.75) is 44.4 Å². The number of hydrogen-bond donors (Lipinski definition) is 3. The average molecular weight is 471 g/mol. The largest absolute Gasteiger partial charge is 0.598 e.